The molecule has 8 nitrogen and oxygen atoms in total. The molecule has 2 rings (SSSR count). The molecule has 21 heavy (non-hydrogen) atoms. The van der Waals surface area contributed by atoms with Gasteiger partial charge < -0.3 is 5.32 Å². The molecule has 0 unspecified atom stereocenters. The highest BCUT2D eigenvalue weighted by molar-refractivity contribution is 7.86. The van der Waals surface area contributed by atoms with Crippen LogP contribution in [0.4, 0.5) is 11.4 Å². The Bertz CT molecular complexity index is 859. The second-order valence-electron chi connectivity index (χ2n) is 4.26. The molecule has 0 aliphatic heterocycles. The Kier molecular flexibility index (Phi) is 3.62. The van der Waals surface area contributed by atoms with Crippen molar-refractivity contribution >= 4 is 38.2 Å². The number of rotatable bonds is 3. The predicted octanol–water partition coefficient (Wildman–Crippen LogP) is 1.95. The summed E-state index contributed by atoms with van der Waals surface area (Å²) in [6.07, 6.45) is 0. The highest BCUT2D eigenvalue weighted by atomic mass is 32.2. The molecule has 2 aromatic carbocycles. The van der Waals surface area contributed by atoms with E-state index >= 15 is 0 Å². The lowest BCUT2D eigenvalue weighted by Gasteiger charge is -2.07. The standard InChI is InChI=1S/C12H10N2O6S/c1-7(15)13-8-2-3-9-10(6-8)11(14(16)17)4-5-12(9)21(18,19)20/h2-6H,1H3,(H,13,15)(H,18,19,20). The van der Waals surface area contributed by atoms with E-state index in [9.17, 15) is 23.3 Å². The van der Waals surface area contributed by atoms with Gasteiger partial charge in [-0.15, -0.1) is 0 Å². The van der Waals surface area contributed by atoms with Gasteiger partial charge in [0.2, 0.25) is 5.91 Å². The number of hydrogen-bond donors (Lipinski definition) is 2. The summed E-state index contributed by atoms with van der Waals surface area (Å²) in [6.45, 7) is 1.27. The maximum Gasteiger partial charge on any atom is 0.295 e. The van der Waals surface area contributed by atoms with Crippen LogP contribution in [0.15, 0.2) is 35.2 Å². The molecule has 9 heteroatoms. The molecule has 2 N–H and O–H groups in total. The molecule has 0 spiro atoms. The summed E-state index contributed by atoms with van der Waals surface area (Å²) in [5.74, 6) is -0.372. The zero-order chi connectivity index (χ0) is 15.8. The second kappa shape index (κ2) is 5.11. The number of nitrogens with zero attached hydrogens (tertiary/aromatic N) is 1. The van der Waals surface area contributed by atoms with Gasteiger partial charge in [-0.3, -0.25) is 19.5 Å². The van der Waals surface area contributed by atoms with E-state index in [1.54, 1.807) is 0 Å². The first-order valence-corrected chi connectivity index (χ1v) is 7.10. The Morgan fingerprint density at radius 3 is 2.43 bits per heavy atom. The summed E-state index contributed by atoms with van der Waals surface area (Å²) in [7, 11) is -4.52. The molecule has 0 bridgehead atoms. The number of anilines is 1. The number of nitro groups is 1. The number of fused-ring (bicyclic) bond motifs is 1. The molecule has 0 aliphatic carbocycles. The van der Waals surface area contributed by atoms with Gasteiger partial charge in [-0.05, 0) is 18.2 Å². The van der Waals surface area contributed by atoms with Crippen LogP contribution < -0.4 is 5.32 Å². The minimum Gasteiger partial charge on any atom is -0.326 e. The van der Waals surface area contributed by atoms with E-state index in [0.29, 0.717) is 0 Å². The van der Waals surface area contributed by atoms with Gasteiger partial charge >= 0.3 is 0 Å². The summed E-state index contributed by atoms with van der Waals surface area (Å²) in [5, 5.41) is 13.5. The summed E-state index contributed by atoms with van der Waals surface area (Å²) in [4.78, 5) is 20.9. The Hall–Kier alpha value is -2.52. The molecular formula is C12H10N2O6S. The lowest BCUT2D eigenvalue weighted by atomic mass is 10.1. The lowest BCUT2D eigenvalue weighted by molar-refractivity contribution is -0.383. The van der Waals surface area contributed by atoms with Crippen LogP contribution in [-0.4, -0.2) is 23.8 Å². The molecule has 0 aliphatic rings. The SMILES string of the molecule is CC(=O)Nc1ccc2c(S(=O)(=O)O)ccc([N+](=O)[O-])c2c1. The molecule has 0 saturated heterocycles. The van der Waals surface area contributed by atoms with Crippen molar-refractivity contribution in [2.24, 2.45) is 0 Å². The van der Waals surface area contributed by atoms with E-state index in [2.05, 4.69) is 5.32 Å². The van der Waals surface area contributed by atoms with Crippen LogP contribution in [0.3, 0.4) is 0 Å². The average Bonchev–Trinajstić information content (AvgIpc) is 2.34. The first-order valence-electron chi connectivity index (χ1n) is 5.66. The van der Waals surface area contributed by atoms with E-state index in [4.69, 9.17) is 4.55 Å². The highest BCUT2D eigenvalue weighted by Crippen LogP contribution is 2.32. The Morgan fingerprint density at radius 1 is 1.24 bits per heavy atom. The number of nitro benzene ring substituents is 1. The smallest absolute Gasteiger partial charge is 0.295 e. The molecule has 0 atom stereocenters. The van der Waals surface area contributed by atoms with Gasteiger partial charge in [0, 0.05) is 24.1 Å². The summed E-state index contributed by atoms with van der Waals surface area (Å²) >= 11 is 0. The maximum absolute atomic E-state index is 11.3. The normalized spacial score (nSPS) is 11.3. The monoisotopic (exact) mass is 310 g/mol. The van der Waals surface area contributed by atoms with Gasteiger partial charge in [0.15, 0.2) is 0 Å². The summed E-state index contributed by atoms with van der Waals surface area (Å²) in [6, 6.07) is 5.92. The first-order chi connectivity index (χ1) is 9.70. The van der Waals surface area contributed by atoms with E-state index in [1.807, 2.05) is 0 Å². The fourth-order valence-corrected chi connectivity index (χ4v) is 2.67. The van der Waals surface area contributed by atoms with Gasteiger partial charge in [-0.25, -0.2) is 0 Å². The van der Waals surface area contributed by atoms with Crippen molar-refractivity contribution in [3.8, 4) is 0 Å². The predicted molar refractivity (Wildman–Crippen MR) is 74.7 cm³/mol. The quantitative estimate of drug-likeness (QED) is 0.507. The zero-order valence-corrected chi connectivity index (χ0v) is 11.5. The average molecular weight is 310 g/mol. The van der Waals surface area contributed by atoms with Gasteiger partial charge in [-0.2, -0.15) is 8.42 Å². The Labute approximate surface area is 119 Å². The van der Waals surface area contributed by atoms with Gasteiger partial charge in [0.05, 0.1) is 10.3 Å². The molecule has 0 radical (unpaired) electrons. The van der Waals surface area contributed by atoms with Crippen molar-refractivity contribution in [3.63, 3.8) is 0 Å². The largest absolute Gasteiger partial charge is 0.326 e. The van der Waals surface area contributed by atoms with Crippen molar-refractivity contribution in [1.82, 2.24) is 0 Å². The highest BCUT2D eigenvalue weighted by Gasteiger charge is 2.20. The van der Waals surface area contributed by atoms with Crippen LogP contribution in [0.1, 0.15) is 6.92 Å². The third-order valence-electron chi connectivity index (χ3n) is 2.75. The minimum atomic E-state index is -4.52. The summed E-state index contributed by atoms with van der Waals surface area (Å²) in [5.41, 5.74) is -0.0461. The number of carbonyl (C=O) groups excluding carboxylic acids is 1. The third-order valence-corrected chi connectivity index (χ3v) is 3.66. The van der Waals surface area contributed by atoms with Gasteiger partial charge in [-0.1, -0.05) is 6.07 Å². The van der Waals surface area contributed by atoms with E-state index in [1.165, 1.54) is 25.1 Å². The van der Waals surface area contributed by atoms with Gasteiger partial charge in [0.1, 0.15) is 4.90 Å². The van der Waals surface area contributed by atoms with Gasteiger partial charge in [0.25, 0.3) is 15.8 Å². The second-order valence-corrected chi connectivity index (χ2v) is 5.65. The van der Waals surface area contributed by atoms with E-state index < -0.39 is 19.9 Å². The molecular weight excluding hydrogens is 300 g/mol. The molecule has 0 aromatic heterocycles. The van der Waals surface area contributed by atoms with Crippen molar-refractivity contribution in [2.45, 2.75) is 11.8 Å². The maximum atomic E-state index is 11.3. The number of benzene rings is 2. The zero-order valence-electron chi connectivity index (χ0n) is 10.7. The Morgan fingerprint density at radius 2 is 1.90 bits per heavy atom. The number of nitrogens with one attached hydrogen (secondary N) is 1. The molecule has 2 aromatic rings. The molecule has 0 heterocycles. The van der Waals surface area contributed by atoms with Crippen molar-refractivity contribution in [1.29, 1.82) is 0 Å². The first kappa shape index (κ1) is 14.9. The van der Waals surface area contributed by atoms with Crippen LogP contribution in [0.2, 0.25) is 0 Å². The fraction of sp³-hybridized carbons (Fsp3) is 0.0833. The van der Waals surface area contributed by atoms with E-state index in [0.717, 1.165) is 12.1 Å². The Balaban J connectivity index is 2.83. The molecule has 110 valence electrons. The number of carbonyl (C=O) groups is 1. The molecule has 1 amide bonds. The van der Waals surface area contributed by atoms with Crippen molar-refractivity contribution < 1.29 is 22.7 Å². The molecule has 0 saturated carbocycles. The minimum absolute atomic E-state index is 0.000743. The number of amides is 1. The van der Waals surface area contributed by atoms with Crippen LogP contribution in [0.5, 0.6) is 0 Å². The summed E-state index contributed by atoms with van der Waals surface area (Å²) < 4.78 is 31.8. The number of hydrogen-bond acceptors (Lipinski definition) is 5. The van der Waals surface area contributed by atoms with Crippen LogP contribution >= 0.6 is 0 Å². The van der Waals surface area contributed by atoms with Crippen molar-refractivity contribution in [3.05, 3.63) is 40.4 Å². The van der Waals surface area contributed by atoms with Crippen LogP contribution in [0, 0.1) is 10.1 Å². The fourth-order valence-electron chi connectivity index (χ4n) is 1.97. The topological polar surface area (TPSA) is 127 Å². The van der Waals surface area contributed by atoms with Crippen LogP contribution in [0.25, 0.3) is 10.8 Å². The van der Waals surface area contributed by atoms with E-state index in [-0.39, 0.29) is 28.1 Å². The lowest BCUT2D eigenvalue weighted by Crippen LogP contribution is -2.06. The van der Waals surface area contributed by atoms with Crippen LogP contribution in [-0.2, 0) is 14.9 Å². The van der Waals surface area contributed by atoms with Crippen molar-refractivity contribution in [2.75, 3.05) is 5.32 Å². The molecule has 0 fully saturated rings. The third kappa shape index (κ3) is 2.98. The number of non-ortho nitro benzene ring substituents is 1.